The third kappa shape index (κ3) is 3.82. The SMILES string of the molecule is CC(CNc1cc(NN)ncn1)CN1CCCC1. The van der Waals surface area contributed by atoms with Crippen molar-refractivity contribution in [1.82, 2.24) is 14.9 Å². The van der Waals surface area contributed by atoms with Gasteiger partial charge < -0.3 is 15.6 Å². The zero-order valence-electron chi connectivity index (χ0n) is 10.9. The first kappa shape index (κ1) is 13.0. The Morgan fingerprint density at radius 2 is 2.06 bits per heavy atom. The Morgan fingerprint density at radius 1 is 1.33 bits per heavy atom. The minimum Gasteiger partial charge on any atom is -0.370 e. The molecule has 1 saturated heterocycles. The Balaban J connectivity index is 1.75. The number of hydrazine groups is 1. The number of hydrogen-bond acceptors (Lipinski definition) is 6. The number of likely N-dealkylation sites (tertiary alicyclic amines) is 1. The lowest BCUT2D eigenvalue weighted by atomic mass is 10.1. The molecule has 0 saturated carbocycles. The molecule has 6 heteroatoms. The summed E-state index contributed by atoms with van der Waals surface area (Å²) in [5, 5.41) is 3.32. The summed E-state index contributed by atoms with van der Waals surface area (Å²) in [7, 11) is 0. The predicted molar refractivity (Wildman–Crippen MR) is 73.2 cm³/mol. The van der Waals surface area contributed by atoms with Crippen LogP contribution < -0.4 is 16.6 Å². The van der Waals surface area contributed by atoms with Crippen molar-refractivity contribution < 1.29 is 0 Å². The van der Waals surface area contributed by atoms with Gasteiger partial charge in [-0.3, -0.25) is 0 Å². The number of nitrogens with zero attached hydrogens (tertiary/aromatic N) is 3. The maximum absolute atomic E-state index is 5.31. The van der Waals surface area contributed by atoms with Gasteiger partial charge in [0.2, 0.25) is 0 Å². The van der Waals surface area contributed by atoms with Crippen LogP contribution in [0.25, 0.3) is 0 Å². The average Bonchev–Trinajstić information content (AvgIpc) is 2.89. The quantitative estimate of drug-likeness (QED) is 0.514. The Labute approximate surface area is 108 Å². The van der Waals surface area contributed by atoms with Crippen LogP contribution in [0.15, 0.2) is 12.4 Å². The van der Waals surface area contributed by atoms with Gasteiger partial charge >= 0.3 is 0 Å². The first-order chi connectivity index (χ1) is 8.78. The monoisotopic (exact) mass is 250 g/mol. The van der Waals surface area contributed by atoms with Crippen LogP contribution in [0, 0.1) is 5.92 Å². The van der Waals surface area contributed by atoms with Crippen molar-refractivity contribution in [3.8, 4) is 0 Å². The number of anilines is 2. The number of hydrogen-bond donors (Lipinski definition) is 3. The van der Waals surface area contributed by atoms with Crippen molar-refractivity contribution in [2.45, 2.75) is 19.8 Å². The number of nitrogens with two attached hydrogens (primary N) is 1. The molecule has 1 fully saturated rings. The van der Waals surface area contributed by atoms with Gasteiger partial charge in [0.25, 0.3) is 0 Å². The molecule has 4 N–H and O–H groups in total. The van der Waals surface area contributed by atoms with E-state index in [2.05, 4.69) is 32.5 Å². The summed E-state index contributed by atoms with van der Waals surface area (Å²) in [5.74, 6) is 7.35. The lowest BCUT2D eigenvalue weighted by Crippen LogP contribution is -2.29. The number of nitrogen functional groups attached to an aromatic ring is 1. The first-order valence-electron chi connectivity index (χ1n) is 6.53. The maximum Gasteiger partial charge on any atom is 0.145 e. The maximum atomic E-state index is 5.31. The van der Waals surface area contributed by atoms with E-state index in [4.69, 9.17) is 5.84 Å². The average molecular weight is 250 g/mol. The van der Waals surface area contributed by atoms with E-state index < -0.39 is 0 Å². The summed E-state index contributed by atoms with van der Waals surface area (Å²) in [4.78, 5) is 10.7. The molecule has 6 nitrogen and oxygen atoms in total. The molecule has 0 radical (unpaired) electrons. The molecule has 1 aromatic rings. The van der Waals surface area contributed by atoms with Crippen LogP contribution >= 0.6 is 0 Å². The van der Waals surface area contributed by atoms with E-state index in [0.717, 1.165) is 18.9 Å². The Kier molecular flexibility index (Phi) is 4.72. The fourth-order valence-electron chi connectivity index (χ4n) is 2.28. The van der Waals surface area contributed by atoms with Crippen LogP contribution in [0.4, 0.5) is 11.6 Å². The minimum absolute atomic E-state index is 0.604. The van der Waals surface area contributed by atoms with E-state index in [-0.39, 0.29) is 0 Å². The lowest BCUT2D eigenvalue weighted by molar-refractivity contribution is 0.294. The molecule has 2 rings (SSSR count). The topological polar surface area (TPSA) is 79.1 Å². The van der Waals surface area contributed by atoms with Crippen molar-refractivity contribution >= 4 is 11.6 Å². The normalized spacial score (nSPS) is 17.7. The summed E-state index contributed by atoms with van der Waals surface area (Å²) >= 11 is 0. The van der Waals surface area contributed by atoms with E-state index in [9.17, 15) is 0 Å². The summed E-state index contributed by atoms with van der Waals surface area (Å²) in [6.45, 7) is 6.82. The van der Waals surface area contributed by atoms with E-state index in [1.54, 1.807) is 0 Å². The van der Waals surface area contributed by atoms with Gasteiger partial charge in [-0.2, -0.15) is 0 Å². The molecule has 0 amide bonds. The van der Waals surface area contributed by atoms with Crippen molar-refractivity contribution in [3.63, 3.8) is 0 Å². The fourth-order valence-corrected chi connectivity index (χ4v) is 2.28. The second-order valence-electron chi connectivity index (χ2n) is 4.93. The number of aromatic nitrogens is 2. The molecular formula is C12H22N6. The highest BCUT2D eigenvalue weighted by Crippen LogP contribution is 2.12. The summed E-state index contributed by atoms with van der Waals surface area (Å²) in [5.41, 5.74) is 2.51. The largest absolute Gasteiger partial charge is 0.370 e. The highest BCUT2D eigenvalue weighted by Gasteiger charge is 2.14. The molecular weight excluding hydrogens is 228 g/mol. The second kappa shape index (κ2) is 6.51. The van der Waals surface area contributed by atoms with Gasteiger partial charge in [0.05, 0.1) is 0 Å². The van der Waals surface area contributed by atoms with Crippen LogP contribution in [0.2, 0.25) is 0 Å². The summed E-state index contributed by atoms with van der Waals surface area (Å²) in [6, 6.07) is 1.81. The van der Waals surface area contributed by atoms with Crippen LogP contribution in [-0.2, 0) is 0 Å². The number of nitrogens with one attached hydrogen (secondary N) is 2. The van der Waals surface area contributed by atoms with Crippen LogP contribution in [0.5, 0.6) is 0 Å². The minimum atomic E-state index is 0.604. The van der Waals surface area contributed by atoms with Gasteiger partial charge in [0.15, 0.2) is 0 Å². The van der Waals surface area contributed by atoms with Crippen molar-refractivity contribution in [2.75, 3.05) is 36.9 Å². The third-order valence-corrected chi connectivity index (χ3v) is 3.22. The molecule has 0 aromatic carbocycles. The van der Waals surface area contributed by atoms with E-state index in [0.29, 0.717) is 11.7 Å². The van der Waals surface area contributed by atoms with Crippen LogP contribution in [0.3, 0.4) is 0 Å². The lowest BCUT2D eigenvalue weighted by Gasteiger charge is -2.20. The fraction of sp³-hybridized carbons (Fsp3) is 0.667. The molecule has 1 aliphatic heterocycles. The Morgan fingerprint density at radius 3 is 2.78 bits per heavy atom. The standard InChI is InChI=1S/C12H22N6/c1-10(8-18-4-2-3-5-18)7-14-11-6-12(17-13)16-9-15-11/h6,9-10H,2-5,7-8,13H2,1H3,(H2,14,15,16,17). The molecule has 2 heterocycles. The zero-order chi connectivity index (χ0) is 12.8. The van der Waals surface area contributed by atoms with Crippen molar-refractivity contribution in [2.24, 2.45) is 11.8 Å². The smallest absolute Gasteiger partial charge is 0.145 e. The molecule has 1 unspecified atom stereocenters. The van der Waals surface area contributed by atoms with Gasteiger partial charge in [-0.15, -0.1) is 0 Å². The van der Waals surface area contributed by atoms with E-state index >= 15 is 0 Å². The van der Waals surface area contributed by atoms with Gasteiger partial charge in [-0.25, -0.2) is 15.8 Å². The van der Waals surface area contributed by atoms with Crippen molar-refractivity contribution in [3.05, 3.63) is 12.4 Å². The number of rotatable bonds is 6. The summed E-state index contributed by atoms with van der Waals surface area (Å²) in [6.07, 6.45) is 4.19. The Hall–Kier alpha value is -1.40. The zero-order valence-corrected chi connectivity index (χ0v) is 10.9. The van der Waals surface area contributed by atoms with Gasteiger partial charge in [-0.05, 0) is 31.8 Å². The molecule has 1 atom stereocenters. The highest BCUT2D eigenvalue weighted by molar-refractivity contribution is 5.45. The molecule has 0 spiro atoms. The molecule has 18 heavy (non-hydrogen) atoms. The molecule has 1 aliphatic rings. The van der Waals surface area contributed by atoms with E-state index in [1.165, 1.54) is 32.3 Å². The molecule has 100 valence electrons. The first-order valence-corrected chi connectivity index (χ1v) is 6.53. The molecule has 0 aliphatic carbocycles. The second-order valence-corrected chi connectivity index (χ2v) is 4.93. The summed E-state index contributed by atoms with van der Waals surface area (Å²) < 4.78 is 0. The van der Waals surface area contributed by atoms with Crippen molar-refractivity contribution in [1.29, 1.82) is 0 Å². The highest BCUT2D eigenvalue weighted by atomic mass is 15.3. The van der Waals surface area contributed by atoms with Gasteiger partial charge in [0, 0.05) is 19.2 Å². The van der Waals surface area contributed by atoms with Crippen LogP contribution in [-0.4, -0.2) is 41.0 Å². The Bertz CT molecular complexity index is 363. The molecule has 0 bridgehead atoms. The van der Waals surface area contributed by atoms with Gasteiger partial charge in [0.1, 0.15) is 18.0 Å². The predicted octanol–water partition coefficient (Wildman–Crippen LogP) is 0.906. The third-order valence-electron chi connectivity index (χ3n) is 3.22. The van der Waals surface area contributed by atoms with Crippen LogP contribution in [0.1, 0.15) is 19.8 Å². The molecule has 1 aromatic heterocycles. The van der Waals surface area contributed by atoms with Gasteiger partial charge in [-0.1, -0.05) is 6.92 Å². The van der Waals surface area contributed by atoms with E-state index in [1.807, 2.05) is 6.07 Å².